The van der Waals surface area contributed by atoms with Gasteiger partial charge in [0.05, 0.1) is 31.1 Å². The Balaban J connectivity index is 1.49. The predicted molar refractivity (Wildman–Crippen MR) is 155 cm³/mol. The van der Waals surface area contributed by atoms with Crippen LogP contribution in [0.3, 0.4) is 0 Å². The fraction of sp³-hybridized carbons (Fsp3) is 0.300. The Bertz CT molecular complexity index is 1490. The van der Waals surface area contributed by atoms with Crippen molar-refractivity contribution in [3.8, 4) is 10.8 Å². The number of urea groups is 1. The zero-order chi connectivity index (χ0) is 26.4. The van der Waals surface area contributed by atoms with E-state index < -0.39 is 0 Å². The summed E-state index contributed by atoms with van der Waals surface area (Å²) in [7, 11) is 5.66. The summed E-state index contributed by atoms with van der Waals surface area (Å²) in [5.74, 6) is 0.571. The molecule has 0 fully saturated rings. The van der Waals surface area contributed by atoms with Crippen molar-refractivity contribution >= 4 is 40.3 Å². The van der Waals surface area contributed by atoms with E-state index >= 15 is 0 Å². The van der Waals surface area contributed by atoms with Crippen molar-refractivity contribution in [1.29, 1.82) is 0 Å². The molecular formula is C30H31ClN4O2S. The first kappa shape index (κ1) is 24.9. The Morgan fingerprint density at radius 1 is 1.08 bits per heavy atom. The molecule has 3 heterocycles. The number of amides is 2. The fourth-order valence-corrected chi connectivity index (χ4v) is 7.23. The van der Waals surface area contributed by atoms with E-state index in [-0.39, 0.29) is 12.1 Å². The van der Waals surface area contributed by atoms with Crippen LogP contribution in [-0.2, 0) is 19.4 Å². The van der Waals surface area contributed by atoms with Crippen molar-refractivity contribution in [3.05, 3.63) is 93.1 Å². The van der Waals surface area contributed by atoms with Crippen molar-refractivity contribution in [2.45, 2.75) is 38.3 Å². The van der Waals surface area contributed by atoms with Gasteiger partial charge in [-0.3, -0.25) is 0 Å². The number of nitrogens with zero attached hydrogens (tertiary/aromatic N) is 3. The number of benzene rings is 2. The molecule has 0 spiro atoms. The lowest BCUT2D eigenvalue weighted by atomic mass is 9.95. The molecule has 0 radical (unpaired) electrons. The third-order valence-electron chi connectivity index (χ3n) is 7.57. The molecule has 196 valence electrons. The van der Waals surface area contributed by atoms with Crippen molar-refractivity contribution < 1.29 is 9.53 Å². The van der Waals surface area contributed by atoms with Gasteiger partial charge in [-0.15, -0.1) is 11.3 Å². The molecule has 0 bridgehead atoms. The summed E-state index contributed by atoms with van der Waals surface area (Å²) >= 11 is 8.18. The van der Waals surface area contributed by atoms with E-state index in [2.05, 4.69) is 57.4 Å². The van der Waals surface area contributed by atoms with Gasteiger partial charge in [0.2, 0.25) is 0 Å². The summed E-state index contributed by atoms with van der Waals surface area (Å²) in [5, 5.41) is 4.89. The van der Waals surface area contributed by atoms with Crippen LogP contribution in [0.25, 0.3) is 5.00 Å². The number of fused-ring (bicyclic) bond motifs is 5. The number of ether oxygens (including phenoxy) is 1. The van der Waals surface area contributed by atoms with Crippen molar-refractivity contribution in [2.24, 2.45) is 0 Å². The third-order valence-corrected chi connectivity index (χ3v) is 9.14. The first-order valence-electron chi connectivity index (χ1n) is 12.9. The highest BCUT2D eigenvalue weighted by Gasteiger charge is 2.36. The van der Waals surface area contributed by atoms with Crippen LogP contribution in [0.15, 0.2) is 60.8 Å². The molecule has 0 saturated heterocycles. The molecule has 1 aliphatic carbocycles. The zero-order valence-electron chi connectivity index (χ0n) is 21.8. The van der Waals surface area contributed by atoms with Crippen molar-refractivity contribution in [2.75, 3.05) is 31.4 Å². The SMILES string of the molecule is COc1ccc(Cl)cc1NC(=O)N1Cc2c(sc3c2CCCC3)-n2cccc2[C@@H]1c1ccc(N(C)C)cc1. The molecule has 1 atom stereocenters. The molecule has 2 aromatic carbocycles. The number of carbonyl (C=O) groups excluding carboxylic acids is 1. The topological polar surface area (TPSA) is 49.7 Å². The lowest BCUT2D eigenvalue weighted by Gasteiger charge is -2.32. The van der Waals surface area contributed by atoms with Crippen LogP contribution in [0.2, 0.25) is 5.02 Å². The minimum Gasteiger partial charge on any atom is -0.495 e. The highest BCUT2D eigenvalue weighted by molar-refractivity contribution is 7.15. The molecule has 38 heavy (non-hydrogen) atoms. The third kappa shape index (κ3) is 4.33. The van der Waals surface area contributed by atoms with Crippen LogP contribution >= 0.6 is 22.9 Å². The minimum absolute atomic E-state index is 0.191. The molecule has 6 nitrogen and oxygen atoms in total. The molecule has 4 aromatic rings. The maximum absolute atomic E-state index is 14.2. The monoisotopic (exact) mass is 546 g/mol. The summed E-state index contributed by atoms with van der Waals surface area (Å²) in [6, 6.07) is 17.5. The number of hydrogen-bond acceptors (Lipinski definition) is 4. The summed E-state index contributed by atoms with van der Waals surface area (Å²) in [6.07, 6.45) is 6.74. The van der Waals surface area contributed by atoms with Gasteiger partial charge in [-0.05, 0) is 79.3 Å². The standard InChI is InChI=1S/C30H31ClN4O2S/c1-33(2)21-13-10-19(11-14-21)28-25-8-6-16-34(25)29-23(22-7-4-5-9-27(22)38-29)18-35(28)30(36)32-24-17-20(31)12-15-26(24)37-3/h6,8,10-17,28H,4-5,7,9,18H2,1-3H3,(H,32,36)/t28-/m0/s1. The normalized spacial score (nSPS) is 16.2. The highest BCUT2D eigenvalue weighted by atomic mass is 35.5. The number of aromatic nitrogens is 1. The van der Waals surface area contributed by atoms with E-state index in [1.54, 1.807) is 25.3 Å². The van der Waals surface area contributed by atoms with Gasteiger partial charge in [0.1, 0.15) is 10.8 Å². The van der Waals surface area contributed by atoms with E-state index in [4.69, 9.17) is 16.3 Å². The maximum atomic E-state index is 14.2. The van der Waals surface area contributed by atoms with Crippen LogP contribution in [0.1, 0.15) is 46.1 Å². The molecule has 1 aliphatic heterocycles. The van der Waals surface area contributed by atoms with Crippen molar-refractivity contribution in [3.63, 3.8) is 0 Å². The largest absolute Gasteiger partial charge is 0.495 e. The average Bonchev–Trinajstić information content (AvgIpc) is 3.51. The van der Waals surface area contributed by atoms with Gasteiger partial charge >= 0.3 is 6.03 Å². The summed E-state index contributed by atoms with van der Waals surface area (Å²) in [4.78, 5) is 19.7. The van der Waals surface area contributed by atoms with Crippen molar-refractivity contribution in [1.82, 2.24) is 9.47 Å². The van der Waals surface area contributed by atoms with Crippen LogP contribution in [0.5, 0.6) is 5.75 Å². The summed E-state index contributed by atoms with van der Waals surface area (Å²) < 4.78 is 7.83. The Labute approximate surface area is 232 Å². The van der Waals surface area contributed by atoms with Gasteiger partial charge in [0.25, 0.3) is 0 Å². The number of nitrogens with one attached hydrogen (secondary N) is 1. The van der Waals surface area contributed by atoms with Crippen LogP contribution in [0, 0.1) is 0 Å². The van der Waals surface area contributed by atoms with Gasteiger partial charge in [-0.1, -0.05) is 23.7 Å². The molecule has 0 unspecified atom stereocenters. The van der Waals surface area contributed by atoms with Gasteiger partial charge < -0.3 is 24.4 Å². The number of aryl methyl sites for hydroxylation is 1. The van der Waals surface area contributed by atoms with Crippen LogP contribution < -0.4 is 15.0 Å². The minimum atomic E-state index is -0.273. The van der Waals surface area contributed by atoms with Gasteiger partial charge in [0, 0.05) is 41.4 Å². The molecule has 2 aliphatic rings. The van der Waals surface area contributed by atoms with Crippen LogP contribution in [0.4, 0.5) is 16.2 Å². The van der Waals surface area contributed by atoms with Gasteiger partial charge in [-0.25, -0.2) is 4.79 Å². The van der Waals surface area contributed by atoms with E-state index in [0.717, 1.165) is 29.8 Å². The number of methoxy groups -OCH3 is 1. The molecule has 0 saturated carbocycles. The Kier molecular flexibility index (Phi) is 6.58. The van der Waals surface area contributed by atoms with E-state index in [1.165, 1.54) is 33.8 Å². The molecule has 2 aromatic heterocycles. The fourth-order valence-electron chi connectivity index (χ4n) is 5.66. The second-order valence-electron chi connectivity index (χ2n) is 10.1. The van der Waals surface area contributed by atoms with Gasteiger partial charge in [-0.2, -0.15) is 0 Å². The Hall–Kier alpha value is -3.42. The number of carbonyl (C=O) groups is 1. The molecule has 1 N–H and O–H groups in total. The van der Waals surface area contributed by atoms with Gasteiger partial charge in [0.15, 0.2) is 0 Å². The smallest absolute Gasteiger partial charge is 0.323 e. The second-order valence-corrected chi connectivity index (χ2v) is 11.6. The quantitative estimate of drug-likeness (QED) is 0.292. The summed E-state index contributed by atoms with van der Waals surface area (Å²) in [5.41, 5.74) is 6.51. The summed E-state index contributed by atoms with van der Waals surface area (Å²) in [6.45, 7) is 0.525. The average molecular weight is 547 g/mol. The van der Waals surface area contributed by atoms with Crippen LogP contribution in [-0.4, -0.2) is 36.7 Å². The highest BCUT2D eigenvalue weighted by Crippen LogP contribution is 2.44. The molecule has 8 heteroatoms. The molecule has 6 rings (SSSR count). The predicted octanol–water partition coefficient (Wildman–Crippen LogP) is 7.28. The number of thiophene rings is 1. The Morgan fingerprint density at radius 3 is 2.63 bits per heavy atom. The van der Waals surface area contributed by atoms with E-state index in [0.29, 0.717) is 23.0 Å². The first-order valence-corrected chi connectivity index (χ1v) is 14.1. The molecular weight excluding hydrogens is 516 g/mol. The lowest BCUT2D eigenvalue weighted by molar-refractivity contribution is 0.194. The zero-order valence-corrected chi connectivity index (χ0v) is 23.4. The van der Waals surface area contributed by atoms with E-state index in [1.807, 2.05) is 30.3 Å². The number of hydrogen-bond donors (Lipinski definition) is 1. The number of rotatable bonds is 4. The number of halogens is 1. The lowest BCUT2D eigenvalue weighted by Crippen LogP contribution is -2.38. The number of anilines is 2. The Morgan fingerprint density at radius 2 is 1.87 bits per heavy atom. The second kappa shape index (κ2) is 10.0. The maximum Gasteiger partial charge on any atom is 0.323 e. The molecule has 2 amide bonds. The van der Waals surface area contributed by atoms with E-state index in [9.17, 15) is 4.79 Å². The first-order chi connectivity index (χ1) is 18.4.